The zero-order valence-corrected chi connectivity index (χ0v) is 41.8. The van der Waals surface area contributed by atoms with Crippen LogP contribution in [0.15, 0.2) is 131 Å². The first-order valence-electron chi connectivity index (χ1n) is 21.4. The maximum atomic E-state index is 13.0. The van der Waals surface area contributed by atoms with Crippen LogP contribution in [0, 0.1) is 0 Å². The molecule has 0 aliphatic carbocycles. The molecule has 0 spiro atoms. The fourth-order valence-electron chi connectivity index (χ4n) is 6.47. The first-order valence-corrected chi connectivity index (χ1v) is 23.0. The molecule has 14 heteroatoms. The zero-order valence-electron chi connectivity index (χ0n) is 38.6. The molecule has 2 heterocycles. The lowest BCUT2D eigenvalue weighted by Gasteiger charge is -2.25. The molecular formula is C52H56Br2N6O6. The van der Waals surface area contributed by atoms with Crippen LogP contribution < -0.4 is 10.6 Å². The first-order chi connectivity index (χ1) is 30.9. The van der Waals surface area contributed by atoms with E-state index in [2.05, 4.69) is 104 Å². The highest BCUT2D eigenvalue weighted by Crippen LogP contribution is 2.25. The number of nitrogens with one attached hydrogen (secondary N) is 2. The van der Waals surface area contributed by atoms with E-state index >= 15 is 0 Å². The molecule has 2 atom stereocenters. The SMILES string of the molecule is CC(C)(C)OC(=O)[C@H](Cc1ccc(-c2ncc(Br)cn2)cc1)NC(=O)c1ccc(C(C)(C)C)cc1.CC(C)(C)c1ccc(C(=O)N[C@@H](Cc2ccc(-c3ncc(Br)cn3)cc2)C(=O)O)cc1. The Hall–Kier alpha value is -6.12. The van der Waals surface area contributed by atoms with E-state index < -0.39 is 35.5 Å². The highest BCUT2D eigenvalue weighted by Gasteiger charge is 2.28. The van der Waals surface area contributed by atoms with Crippen LogP contribution in [0.25, 0.3) is 22.8 Å². The van der Waals surface area contributed by atoms with Gasteiger partial charge in [-0.2, -0.15) is 0 Å². The predicted octanol–water partition coefficient (Wildman–Crippen LogP) is 10.5. The van der Waals surface area contributed by atoms with Crippen molar-refractivity contribution in [3.8, 4) is 22.8 Å². The summed E-state index contributed by atoms with van der Waals surface area (Å²) in [7, 11) is 0. The summed E-state index contributed by atoms with van der Waals surface area (Å²) in [6.07, 6.45) is 7.18. The number of halogens is 2. The van der Waals surface area contributed by atoms with Gasteiger partial charge >= 0.3 is 11.9 Å². The number of amides is 2. The highest BCUT2D eigenvalue weighted by molar-refractivity contribution is 9.10. The number of benzene rings is 4. The third-order valence-electron chi connectivity index (χ3n) is 10.2. The number of carbonyl (C=O) groups excluding carboxylic acids is 3. The Bertz CT molecular complexity index is 2580. The normalized spacial score (nSPS) is 12.5. The lowest BCUT2D eigenvalue weighted by atomic mass is 9.86. The molecule has 0 radical (unpaired) electrons. The van der Waals surface area contributed by atoms with Gasteiger partial charge in [-0.3, -0.25) is 9.59 Å². The Kier molecular flexibility index (Phi) is 16.9. The van der Waals surface area contributed by atoms with Crippen molar-refractivity contribution in [2.75, 3.05) is 0 Å². The van der Waals surface area contributed by atoms with Gasteiger partial charge in [-0.05, 0) is 110 Å². The van der Waals surface area contributed by atoms with Gasteiger partial charge in [0.15, 0.2) is 11.6 Å². The van der Waals surface area contributed by atoms with E-state index in [-0.39, 0.29) is 23.2 Å². The number of carboxylic acid groups (broad SMARTS) is 1. The molecule has 0 aliphatic rings. The molecule has 0 unspecified atom stereocenters. The summed E-state index contributed by atoms with van der Waals surface area (Å²) in [5.74, 6) is -1.10. The number of esters is 1. The Labute approximate surface area is 403 Å². The van der Waals surface area contributed by atoms with Crippen molar-refractivity contribution in [3.05, 3.63) is 164 Å². The summed E-state index contributed by atoms with van der Waals surface area (Å²) in [6.45, 7) is 18.1. The van der Waals surface area contributed by atoms with Crippen LogP contribution >= 0.6 is 31.9 Å². The Morgan fingerprint density at radius 1 is 0.530 bits per heavy atom. The molecule has 0 aliphatic heterocycles. The number of rotatable bonds is 12. The fourth-order valence-corrected chi connectivity index (χ4v) is 6.88. The van der Waals surface area contributed by atoms with Gasteiger partial charge in [-0.25, -0.2) is 29.5 Å². The average molecular weight is 1020 g/mol. The number of ether oxygens (including phenoxy) is 1. The Morgan fingerprint density at radius 2 is 0.864 bits per heavy atom. The maximum absolute atomic E-state index is 13.0. The number of nitrogens with zero attached hydrogens (tertiary/aromatic N) is 4. The van der Waals surface area contributed by atoms with E-state index in [1.54, 1.807) is 49.1 Å². The number of aromatic nitrogens is 4. The standard InChI is InChI=1S/C28H32BrN3O3.C24H24BrN3O3/c1-27(2,3)21-13-11-20(12-14-21)25(33)32-23(26(34)35-28(4,5)6)15-18-7-9-19(10-8-18)24-30-16-22(29)17-31-24;1-24(2,3)18-10-8-17(9-11-18)22(29)28-20(23(30)31)12-15-4-6-16(7-5-15)21-26-13-19(25)14-27-21/h7-14,16-17,23H,15H2,1-6H3,(H,32,33);4-11,13-14,20H,12H2,1-3H3,(H,28,29)(H,30,31)/t23-;20-/m00/s1. The predicted molar refractivity (Wildman–Crippen MR) is 264 cm³/mol. The molecular weight excluding hydrogens is 964 g/mol. The Morgan fingerprint density at radius 3 is 1.18 bits per heavy atom. The number of hydrogen-bond acceptors (Lipinski definition) is 9. The molecule has 0 saturated heterocycles. The summed E-state index contributed by atoms with van der Waals surface area (Å²) >= 11 is 6.64. The van der Waals surface area contributed by atoms with Crippen LogP contribution in [0.5, 0.6) is 0 Å². The minimum atomic E-state index is -1.08. The second kappa shape index (κ2) is 21.9. The van der Waals surface area contributed by atoms with Gasteiger partial charge in [-0.1, -0.05) is 114 Å². The Balaban J connectivity index is 0.000000249. The smallest absolute Gasteiger partial charge is 0.329 e. The van der Waals surface area contributed by atoms with Gasteiger partial charge < -0.3 is 20.5 Å². The van der Waals surface area contributed by atoms with E-state index in [1.165, 1.54) is 0 Å². The van der Waals surface area contributed by atoms with E-state index in [0.717, 1.165) is 42.3 Å². The first kappa shape index (κ1) is 50.9. The molecule has 344 valence electrons. The number of aliphatic carboxylic acids is 1. The minimum Gasteiger partial charge on any atom is -0.480 e. The topological polar surface area (TPSA) is 173 Å². The van der Waals surface area contributed by atoms with E-state index in [9.17, 15) is 24.3 Å². The van der Waals surface area contributed by atoms with Crippen LogP contribution in [0.1, 0.15) is 105 Å². The fraction of sp³-hybridized carbons (Fsp3) is 0.308. The number of carboxylic acids is 1. The molecule has 2 amide bonds. The van der Waals surface area contributed by atoms with Crippen molar-refractivity contribution in [3.63, 3.8) is 0 Å². The van der Waals surface area contributed by atoms with E-state index in [1.807, 2.05) is 93.6 Å². The van der Waals surface area contributed by atoms with Crippen molar-refractivity contribution in [2.45, 2.75) is 104 Å². The van der Waals surface area contributed by atoms with Gasteiger partial charge in [0.05, 0.1) is 8.95 Å². The lowest BCUT2D eigenvalue weighted by Crippen LogP contribution is -2.45. The molecule has 66 heavy (non-hydrogen) atoms. The molecule has 3 N–H and O–H groups in total. The van der Waals surface area contributed by atoms with E-state index in [4.69, 9.17) is 4.74 Å². The average Bonchev–Trinajstić information content (AvgIpc) is 3.26. The molecule has 0 saturated carbocycles. The molecule has 12 nitrogen and oxygen atoms in total. The molecule has 0 fully saturated rings. The largest absolute Gasteiger partial charge is 0.480 e. The third-order valence-corrected chi connectivity index (χ3v) is 11.0. The van der Waals surface area contributed by atoms with Crippen LogP contribution in [-0.4, -0.2) is 66.5 Å². The summed E-state index contributed by atoms with van der Waals surface area (Å²) in [6, 6.07) is 27.8. The van der Waals surface area contributed by atoms with Crippen LogP contribution in [0.3, 0.4) is 0 Å². The highest BCUT2D eigenvalue weighted by atomic mass is 79.9. The second-order valence-electron chi connectivity index (χ2n) is 18.8. The second-order valence-corrected chi connectivity index (χ2v) is 20.7. The van der Waals surface area contributed by atoms with E-state index in [0.29, 0.717) is 29.2 Å². The lowest BCUT2D eigenvalue weighted by molar-refractivity contribution is -0.157. The van der Waals surface area contributed by atoms with Crippen LogP contribution in [0.2, 0.25) is 0 Å². The van der Waals surface area contributed by atoms with Gasteiger partial charge in [0.25, 0.3) is 11.8 Å². The monoisotopic (exact) mass is 1020 g/mol. The van der Waals surface area contributed by atoms with Crippen molar-refractivity contribution in [2.24, 2.45) is 0 Å². The summed E-state index contributed by atoms with van der Waals surface area (Å²) < 4.78 is 7.20. The van der Waals surface area contributed by atoms with Gasteiger partial charge in [0, 0.05) is 59.9 Å². The number of carbonyl (C=O) groups is 4. The molecule has 4 aromatic carbocycles. The van der Waals surface area contributed by atoms with Gasteiger partial charge in [-0.15, -0.1) is 0 Å². The van der Waals surface area contributed by atoms with Crippen molar-refractivity contribution < 1.29 is 29.0 Å². The molecule has 0 bridgehead atoms. The summed E-state index contributed by atoms with van der Waals surface area (Å²) in [4.78, 5) is 67.4. The van der Waals surface area contributed by atoms with Crippen molar-refractivity contribution in [1.29, 1.82) is 0 Å². The van der Waals surface area contributed by atoms with Crippen LogP contribution in [-0.2, 0) is 38.0 Å². The van der Waals surface area contributed by atoms with Gasteiger partial charge in [0.1, 0.15) is 17.7 Å². The summed E-state index contributed by atoms with van der Waals surface area (Å²) in [5, 5.41) is 15.1. The van der Waals surface area contributed by atoms with Crippen molar-refractivity contribution >= 4 is 55.6 Å². The van der Waals surface area contributed by atoms with Gasteiger partial charge in [0.2, 0.25) is 0 Å². The molecule has 6 aromatic rings. The molecule has 6 rings (SSSR count). The molecule has 2 aromatic heterocycles. The van der Waals surface area contributed by atoms with Crippen molar-refractivity contribution in [1.82, 2.24) is 30.6 Å². The number of hydrogen-bond donors (Lipinski definition) is 3. The maximum Gasteiger partial charge on any atom is 0.329 e. The van der Waals surface area contributed by atoms with Crippen LogP contribution in [0.4, 0.5) is 0 Å². The quantitative estimate of drug-likeness (QED) is 0.100. The third kappa shape index (κ3) is 15.2. The minimum absolute atomic E-state index is 0.0124. The zero-order chi connectivity index (χ0) is 48.4. The summed E-state index contributed by atoms with van der Waals surface area (Å²) in [5.41, 5.74) is 5.81.